The van der Waals surface area contributed by atoms with Crippen LogP contribution >= 0.6 is 0 Å². The fourth-order valence-corrected chi connectivity index (χ4v) is 2.72. The van der Waals surface area contributed by atoms with Crippen molar-refractivity contribution in [1.29, 1.82) is 0 Å². The lowest BCUT2D eigenvalue weighted by Gasteiger charge is -2.13. The largest absolute Gasteiger partial charge is 0.497 e. The van der Waals surface area contributed by atoms with Gasteiger partial charge in [0.25, 0.3) is 0 Å². The predicted octanol–water partition coefficient (Wildman–Crippen LogP) is 2.98. The lowest BCUT2D eigenvalue weighted by molar-refractivity contribution is -0.117. The third-order valence-electron chi connectivity index (χ3n) is 3.83. The van der Waals surface area contributed by atoms with Gasteiger partial charge in [-0.25, -0.2) is 0 Å². The predicted molar refractivity (Wildman–Crippen MR) is 81.1 cm³/mol. The number of benzene rings is 2. The Labute approximate surface area is 123 Å². The summed E-state index contributed by atoms with van der Waals surface area (Å²) in [5, 5.41) is 2.92. The third-order valence-corrected chi connectivity index (χ3v) is 3.83. The van der Waals surface area contributed by atoms with Crippen molar-refractivity contribution in [3.63, 3.8) is 0 Å². The summed E-state index contributed by atoms with van der Waals surface area (Å²) >= 11 is 0. The number of hydrogen-bond donors (Lipinski definition) is 1. The summed E-state index contributed by atoms with van der Waals surface area (Å²) in [7, 11) is 3.25. The highest BCUT2D eigenvalue weighted by Gasteiger charge is 2.30. The average molecular weight is 283 g/mol. The highest BCUT2D eigenvalue weighted by Crippen LogP contribution is 2.36. The number of para-hydroxylation sites is 1. The smallest absolute Gasteiger partial charge is 0.232 e. The first-order chi connectivity index (χ1) is 10.2. The number of carbonyl (C=O) groups excluding carboxylic acids is 1. The summed E-state index contributed by atoms with van der Waals surface area (Å²) in [6, 6.07) is 13.5. The minimum Gasteiger partial charge on any atom is -0.497 e. The maximum Gasteiger partial charge on any atom is 0.232 e. The molecule has 0 fully saturated rings. The minimum absolute atomic E-state index is 0.0362. The van der Waals surface area contributed by atoms with Crippen LogP contribution in [0, 0.1) is 0 Å². The van der Waals surface area contributed by atoms with E-state index < -0.39 is 0 Å². The summed E-state index contributed by atoms with van der Waals surface area (Å²) in [5.74, 6) is 1.34. The van der Waals surface area contributed by atoms with E-state index in [1.54, 1.807) is 14.2 Å². The fraction of sp³-hybridized carbons (Fsp3) is 0.235. The molecular weight excluding hydrogens is 266 g/mol. The second kappa shape index (κ2) is 5.48. The maximum atomic E-state index is 12.2. The Kier molecular flexibility index (Phi) is 3.52. The normalized spacial score (nSPS) is 16.3. The zero-order chi connectivity index (χ0) is 14.8. The van der Waals surface area contributed by atoms with Crippen LogP contribution in [-0.2, 0) is 11.2 Å². The van der Waals surface area contributed by atoms with Crippen molar-refractivity contribution in [3.05, 3.63) is 53.6 Å². The summed E-state index contributed by atoms with van der Waals surface area (Å²) < 4.78 is 10.6. The van der Waals surface area contributed by atoms with Gasteiger partial charge in [0, 0.05) is 11.8 Å². The Hall–Kier alpha value is -2.49. The number of carbonyl (C=O) groups is 1. The van der Waals surface area contributed by atoms with Crippen LogP contribution in [0.15, 0.2) is 42.5 Å². The van der Waals surface area contributed by atoms with Gasteiger partial charge in [-0.3, -0.25) is 4.79 Å². The molecule has 0 aromatic heterocycles. The van der Waals surface area contributed by atoms with E-state index in [1.165, 1.54) is 0 Å². The summed E-state index contributed by atoms with van der Waals surface area (Å²) in [4.78, 5) is 12.2. The number of ether oxygens (including phenoxy) is 2. The second-order valence-electron chi connectivity index (χ2n) is 5.01. The third kappa shape index (κ3) is 2.44. The van der Waals surface area contributed by atoms with Crippen LogP contribution in [0.25, 0.3) is 0 Å². The molecule has 1 aliphatic heterocycles. The first kappa shape index (κ1) is 13.5. The van der Waals surface area contributed by atoms with Crippen molar-refractivity contribution in [2.45, 2.75) is 12.3 Å². The lowest BCUT2D eigenvalue weighted by Crippen LogP contribution is -2.14. The molecule has 0 unspecified atom stereocenters. The molecule has 21 heavy (non-hydrogen) atoms. The van der Waals surface area contributed by atoms with Crippen LogP contribution in [0.4, 0.5) is 5.69 Å². The van der Waals surface area contributed by atoms with Crippen molar-refractivity contribution >= 4 is 11.6 Å². The molecule has 0 aliphatic carbocycles. The fourth-order valence-electron chi connectivity index (χ4n) is 2.72. The topological polar surface area (TPSA) is 47.6 Å². The van der Waals surface area contributed by atoms with Gasteiger partial charge in [0.2, 0.25) is 5.91 Å². The Morgan fingerprint density at radius 2 is 1.90 bits per heavy atom. The van der Waals surface area contributed by atoms with Crippen molar-refractivity contribution in [2.24, 2.45) is 0 Å². The second-order valence-corrected chi connectivity index (χ2v) is 5.01. The molecule has 1 heterocycles. The number of amides is 1. The van der Waals surface area contributed by atoms with E-state index in [2.05, 4.69) is 5.32 Å². The molecule has 0 spiro atoms. The van der Waals surface area contributed by atoms with Gasteiger partial charge in [-0.1, -0.05) is 24.3 Å². The number of hydrogen-bond acceptors (Lipinski definition) is 3. The summed E-state index contributed by atoms with van der Waals surface area (Å²) in [6.07, 6.45) is 0.607. The zero-order valence-corrected chi connectivity index (χ0v) is 12.1. The molecule has 4 nitrogen and oxygen atoms in total. The van der Waals surface area contributed by atoms with E-state index in [0.717, 1.165) is 28.3 Å². The van der Waals surface area contributed by atoms with Crippen LogP contribution in [-0.4, -0.2) is 20.1 Å². The minimum atomic E-state index is -0.177. The van der Waals surface area contributed by atoms with E-state index in [1.807, 2.05) is 42.5 Å². The van der Waals surface area contributed by atoms with Gasteiger partial charge in [-0.15, -0.1) is 0 Å². The number of fused-ring (bicyclic) bond motifs is 1. The standard InChI is InChI=1S/C17H17NO3/c1-20-12-8-7-11(16(10-12)21-2)9-14-13-5-3-4-6-15(13)18-17(14)19/h3-8,10,14H,9H2,1-2H3,(H,18,19)/t14-/m1/s1. The molecule has 1 N–H and O–H groups in total. The van der Waals surface area contributed by atoms with Gasteiger partial charge in [0.1, 0.15) is 11.5 Å². The van der Waals surface area contributed by atoms with Gasteiger partial charge in [0.15, 0.2) is 0 Å². The highest BCUT2D eigenvalue weighted by atomic mass is 16.5. The van der Waals surface area contributed by atoms with E-state index in [9.17, 15) is 4.79 Å². The van der Waals surface area contributed by atoms with E-state index in [0.29, 0.717) is 6.42 Å². The zero-order valence-electron chi connectivity index (χ0n) is 12.1. The Morgan fingerprint density at radius 1 is 1.10 bits per heavy atom. The quantitative estimate of drug-likeness (QED) is 0.938. The van der Waals surface area contributed by atoms with Crippen LogP contribution < -0.4 is 14.8 Å². The number of methoxy groups -OCH3 is 2. The Morgan fingerprint density at radius 3 is 2.67 bits per heavy atom. The monoisotopic (exact) mass is 283 g/mol. The molecule has 0 saturated heterocycles. The van der Waals surface area contributed by atoms with Crippen molar-refractivity contribution in [2.75, 3.05) is 19.5 Å². The molecule has 0 saturated carbocycles. The number of rotatable bonds is 4. The van der Waals surface area contributed by atoms with E-state index >= 15 is 0 Å². The molecule has 3 rings (SSSR count). The van der Waals surface area contributed by atoms with Crippen LogP contribution in [0.2, 0.25) is 0 Å². The molecule has 108 valence electrons. The van der Waals surface area contributed by atoms with Gasteiger partial charge in [-0.2, -0.15) is 0 Å². The molecule has 4 heteroatoms. The Bertz CT molecular complexity index is 681. The SMILES string of the molecule is COc1ccc(C[C@H]2C(=O)Nc3ccccc32)c(OC)c1. The van der Waals surface area contributed by atoms with Crippen molar-refractivity contribution < 1.29 is 14.3 Å². The Balaban J connectivity index is 1.92. The van der Waals surface area contributed by atoms with E-state index in [4.69, 9.17) is 9.47 Å². The average Bonchev–Trinajstić information content (AvgIpc) is 2.83. The molecule has 2 aromatic carbocycles. The van der Waals surface area contributed by atoms with E-state index in [-0.39, 0.29) is 11.8 Å². The maximum absolute atomic E-state index is 12.2. The van der Waals surface area contributed by atoms with Crippen LogP contribution in [0.3, 0.4) is 0 Å². The molecule has 1 aliphatic rings. The molecule has 0 bridgehead atoms. The summed E-state index contributed by atoms with van der Waals surface area (Å²) in [6.45, 7) is 0. The molecule has 2 aromatic rings. The van der Waals surface area contributed by atoms with Gasteiger partial charge in [-0.05, 0) is 29.7 Å². The van der Waals surface area contributed by atoms with Gasteiger partial charge < -0.3 is 14.8 Å². The summed E-state index contributed by atoms with van der Waals surface area (Å²) in [5.41, 5.74) is 2.94. The first-order valence-corrected chi connectivity index (χ1v) is 6.83. The van der Waals surface area contributed by atoms with Gasteiger partial charge in [0.05, 0.1) is 20.1 Å². The van der Waals surface area contributed by atoms with Crippen LogP contribution in [0.5, 0.6) is 11.5 Å². The molecule has 0 radical (unpaired) electrons. The van der Waals surface area contributed by atoms with Crippen LogP contribution in [0.1, 0.15) is 17.0 Å². The molecule has 1 amide bonds. The molecule has 1 atom stereocenters. The number of anilines is 1. The first-order valence-electron chi connectivity index (χ1n) is 6.83. The molecular formula is C17H17NO3. The number of nitrogens with one attached hydrogen (secondary N) is 1. The van der Waals surface area contributed by atoms with Crippen molar-refractivity contribution in [3.8, 4) is 11.5 Å². The van der Waals surface area contributed by atoms with Crippen molar-refractivity contribution in [1.82, 2.24) is 0 Å². The lowest BCUT2D eigenvalue weighted by atomic mass is 9.93. The van der Waals surface area contributed by atoms with Gasteiger partial charge >= 0.3 is 0 Å². The highest BCUT2D eigenvalue weighted by molar-refractivity contribution is 6.03.